The maximum atomic E-state index is 8.37. The lowest BCUT2D eigenvalue weighted by molar-refractivity contribution is 0.370. The summed E-state index contributed by atoms with van der Waals surface area (Å²) in [6, 6.07) is 2.76. The van der Waals surface area contributed by atoms with Gasteiger partial charge in [-0.1, -0.05) is 0 Å². The van der Waals surface area contributed by atoms with Gasteiger partial charge in [0.1, 0.15) is 0 Å². The summed E-state index contributed by atoms with van der Waals surface area (Å²) < 4.78 is 0. The number of nitriles is 1. The summed E-state index contributed by atoms with van der Waals surface area (Å²) in [4.78, 5) is 2.17. The lowest BCUT2D eigenvalue weighted by atomic mass is 10.3. The molecule has 56 valence electrons. The second-order valence-corrected chi connectivity index (χ2v) is 2.67. The van der Waals surface area contributed by atoms with Gasteiger partial charge in [-0.25, -0.2) is 0 Å². The number of hydrogen-bond donors (Lipinski definition) is 1. The molecule has 3 nitrogen and oxygen atoms in total. The molecule has 0 radical (unpaired) electrons. The second-order valence-electron chi connectivity index (χ2n) is 2.67. The van der Waals surface area contributed by atoms with Crippen LogP contribution in [0.3, 0.4) is 0 Å². The summed E-state index contributed by atoms with van der Waals surface area (Å²) in [5.41, 5.74) is 0. The Kier molecular flexibility index (Phi) is 2.67. The van der Waals surface area contributed by atoms with Crippen molar-refractivity contribution < 1.29 is 0 Å². The zero-order chi connectivity index (χ0) is 7.40. The molecule has 1 N–H and O–H groups in total. The van der Waals surface area contributed by atoms with Gasteiger partial charge in [-0.3, -0.25) is 4.90 Å². The van der Waals surface area contributed by atoms with Crippen LogP contribution in [-0.4, -0.2) is 37.6 Å². The van der Waals surface area contributed by atoms with Crippen LogP contribution < -0.4 is 5.32 Å². The van der Waals surface area contributed by atoms with Crippen molar-refractivity contribution in [3.63, 3.8) is 0 Å². The highest BCUT2D eigenvalue weighted by atomic mass is 15.2. The Hall–Kier alpha value is -0.590. The number of nitrogens with zero attached hydrogens (tertiary/aromatic N) is 2. The first-order valence-electron chi connectivity index (χ1n) is 3.63. The molecule has 1 fully saturated rings. The summed E-state index contributed by atoms with van der Waals surface area (Å²) in [6.45, 7) is 2.68. The summed E-state index contributed by atoms with van der Waals surface area (Å²) >= 11 is 0. The quantitative estimate of drug-likeness (QED) is 0.539. The Morgan fingerprint density at radius 3 is 3.10 bits per heavy atom. The normalized spacial score (nSPS) is 26.6. The molecular weight excluding hydrogens is 126 g/mol. The molecule has 0 aliphatic carbocycles. The average molecular weight is 139 g/mol. The van der Waals surface area contributed by atoms with Crippen molar-refractivity contribution in [3.8, 4) is 6.07 Å². The van der Waals surface area contributed by atoms with E-state index in [0.29, 0.717) is 12.6 Å². The molecule has 3 heteroatoms. The molecule has 0 bridgehead atoms. The molecule has 0 aromatic carbocycles. The van der Waals surface area contributed by atoms with E-state index in [2.05, 4.69) is 16.3 Å². The standard InChI is InChI=1S/C7H13N3/c1-9-7-2-4-10(6-7)5-3-8/h7,9H,2,4-6H2,1H3. The Morgan fingerprint density at radius 2 is 2.60 bits per heavy atom. The van der Waals surface area contributed by atoms with Gasteiger partial charge in [-0.05, 0) is 13.5 Å². The molecule has 1 aliphatic rings. The van der Waals surface area contributed by atoms with Gasteiger partial charge in [-0.2, -0.15) is 5.26 Å². The molecule has 0 spiro atoms. The van der Waals surface area contributed by atoms with Crippen molar-refractivity contribution in [1.82, 2.24) is 10.2 Å². The highest BCUT2D eigenvalue weighted by molar-refractivity contribution is 4.85. The van der Waals surface area contributed by atoms with E-state index in [1.807, 2.05) is 7.05 Å². The fourth-order valence-corrected chi connectivity index (χ4v) is 1.31. The summed E-state index contributed by atoms with van der Waals surface area (Å²) in [7, 11) is 1.97. The van der Waals surface area contributed by atoms with Crippen molar-refractivity contribution >= 4 is 0 Å². The van der Waals surface area contributed by atoms with Gasteiger partial charge in [0.25, 0.3) is 0 Å². The smallest absolute Gasteiger partial charge is 0.0866 e. The first-order valence-corrected chi connectivity index (χ1v) is 3.63. The van der Waals surface area contributed by atoms with Crippen molar-refractivity contribution in [2.45, 2.75) is 12.5 Å². The molecule has 0 aromatic rings. The van der Waals surface area contributed by atoms with Crippen LogP contribution in [0.1, 0.15) is 6.42 Å². The minimum atomic E-state index is 0.582. The summed E-state index contributed by atoms with van der Waals surface area (Å²) in [5, 5.41) is 11.6. The lowest BCUT2D eigenvalue weighted by Gasteiger charge is -2.10. The van der Waals surface area contributed by atoms with Gasteiger partial charge in [0.2, 0.25) is 0 Å². The zero-order valence-electron chi connectivity index (χ0n) is 6.30. The number of likely N-dealkylation sites (tertiary alicyclic amines) is 1. The van der Waals surface area contributed by atoms with Crippen LogP contribution in [-0.2, 0) is 0 Å². The maximum absolute atomic E-state index is 8.37. The van der Waals surface area contributed by atoms with Gasteiger partial charge < -0.3 is 5.32 Å². The van der Waals surface area contributed by atoms with E-state index in [-0.39, 0.29) is 0 Å². The van der Waals surface area contributed by atoms with Gasteiger partial charge in [0.05, 0.1) is 12.6 Å². The van der Waals surface area contributed by atoms with E-state index in [1.165, 1.54) is 6.42 Å². The highest BCUT2D eigenvalue weighted by Gasteiger charge is 2.19. The number of rotatable bonds is 2. The van der Waals surface area contributed by atoms with Crippen LogP contribution in [0, 0.1) is 11.3 Å². The summed E-state index contributed by atoms with van der Waals surface area (Å²) in [5.74, 6) is 0. The third kappa shape index (κ3) is 1.69. The predicted molar refractivity (Wildman–Crippen MR) is 39.5 cm³/mol. The largest absolute Gasteiger partial charge is 0.316 e. The van der Waals surface area contributed by atoms with Gasteiger partial charge in [-0.15, -0.1) is 0 Å². The molecule has 1 unspecified atom stereocenters. The van der Waals surface area contributed by atoms with E-state index in [9.17, 15) is 0 Å². The van der Waals surface area contributed by atoms with Crippen LogP contribution in [0.25, 0.3) is 0 Å². The lowest BCUT2D eigenvalue weighted by Crippen LogP contribution is -2.29. The van der Waals surface area contributed by atoms with Gasteiger partial charge >= 0.3 is 0 Å². The first kappa shape index (κ1) is 7.52. The van der Waals surface area contributed by atoms with Crippen LogP contribution in [0.5, 0.6) is 0 Å². The number of likely N-dealkylation sites (N-methyl/N-ethyl adjacent to an activating group) is 1. The fraction of sp³-hybridized carbons (Fsp3) is 0.857. The van der Waals surface area contributed by atoms with E-state index in [4.69, 9.17) is 5.26 Å². The van der Waals surface area contributed by atoms with E-state index >= 15 is 0 Å². The van der Waals surface area contributed by atoms with E-state index in [1.54, 1.807) is 0 Å². The zero-order valence-corrected chi connectivity index (χ0v) is 6.30. The first-order chi connectivity index (χ1) is 4.86. The SMILES string of the molecule is CNC1CCN(CC#N)C1. The van der Waals surface area contributed by atoms with Gasteiger partial charge in [0.15, 0.2) is 0 Å². The Balaban J connectivity index is 2.23. The monoisotopic (exact) mass is 139 g/mol. The topological polar surface area (TPSA) is 39.1 Å². The predicted octanol–water partition coefficient (Wildman–Crippen LogP) is -0.196. The maximum Gasteiger partial charge on any atom is 0.0866 e. The summed E-state index contributed by atoms with van der Waals surface area (Å²) in [6.07, 6.45) is 1.18. The van der Waals surface area contributed by atoms with E-state index < -0.39 is 0 Å². The molecule has 1 saturated heterocycles. The Morgan fingerprint density at radius 1 is 1.80 bits per heavy atom. The molecule has 1 aliphatic heterocycles. The molecule has 0 aromatic heterocycles. The van der Waals surface area contributed by atoms with Crippen LogP contribution in [0.15, 0.2) is 0 Å². The number of hydrogen-bond acceptors (Lipinski definition) is 3. The van der Waals surface area contributed by atoms with Crippen molar-refractivity contribution in [1.29, 1.82) is 5.26 Å². The third-order valence-electron chi connectivity index (χ3n) is 1.97. The van der Waals surface area contributed by atoms with Crippen LogP contribution >= 0.6 is 0 Å². The molecule has 10 heavy (non-hydrogen) atoms. The average Bonchev–Trinajstić information content (AvgIpc) is 2.37. The van der Waals surface area contributed by atoms with E-state index in [0.717, 1.165) is 13.1 Å². The second kappa shape index (κ2) is 3.55. The molecule has 1 atom stereocenters. The minimum Gasteiger partial charge on any atom is -0.316 e. The molecule has 0 saturated carbocycles. The molecule has 1 heterocycles. The van der Waals surface area contributed by atoms with Gasteiger partial charge in [0, 0.05) is 19.1 Å². The number of nitrogens with one attached hydrogen (secondary N) is 1. The van der Waals surface area contributed by atoms with Crippen molar-refractivity contribution in [2.75, 3.05) is 26.7 Å². The molecular formula is C7H13N3. The molecule has 0 amide bonds. The Labute approximate surface area is 61.6 Å². The van der Waals surface area contributed by atoms with Crippen LogP contribution in [0.4, 0.5) is 0 Å². The fourth-order valence-electron chi connectivity index (χ4n) is 1.31. The van der Waals surface area contributed by atoms with Crippen LogP contribution in [0.2, 0.25) is 0 Å². The Bertz CT molecular complexity index is 138. The van der Waals surface area contributed by atoms with Crippen molar-refractivity contribution in [3.05, 3.63) is 0 Å². The van der Waals surface area contributed by atoms with Crippen molar-refractivity contribution in [2.24, 2.45) is 0 Å². The highest BCUT2D eigenvalue weighted by Crippen LogP contribution is 2.06. The third-order valence-corrected chi connectivity index (χ3v) is 1.97. The minimum absolute atomic E-state index is 0.582. The molecule has 1 rings (SSSR count).